The van der Waals surface area contributed by atoms with Crippen molar-refractivity contribution in [2.75, 3.05) is 35.5 Å². The first-order chi connectivity index (χ1) is 39.7. The Bertz CT molecular complexity index is 3340. The maximum absolute atomic E-state index is 10.0. The fourth-order valence-corrected chi connectivity index (χ4v) is 8.85. The van der Waals surface area contributed by atoms with Crippen molar-refractivity contribution in [3.05, 3.63) is 147 Å². The van der Waals surface area contributed by atoms with Gasteiger partial charge < -0.3 is 98.5 Å². The molecular formula is C59H61N3O20. The molecule has 6 aromatic carbocycles. The number of benzene rings is 6. The Labute approximate surface area is 468 Å². The van der Waals surface area contributed by atoms with Gasteiger partial charge >= 0.3 is 0 Å². The van der Waals surface area contributed by atoms with E-state index in [-0.39, 0.29) is 99.7 Å². The number of nitrogens with zero attached hydrogens (tertiary/aromatic N) is 3. The summed E-state index contributed by atoms with van der Waals surface area (Å²) >= 11 is 0. The first-order valence-electron chi connectivity index (χ1n) is 24.8. The van der Waals surface area contributed by atoms with Gasteiger partial charge in [-0.05, 0) is 129 Å². The summed E-state index contributed by atoms with van der Waals surface area (Å²) < 4.78 is 41.9. The third kappa shape index (κ3) is 13.1. The van der Waals surface area contributed by atoms with Crippen molar-refractivity contribution in [2.45, 2.75) is 59.5 Å². The van der Waals surface area contributed by atoms with Crippen molar-refractivity contribution >= 4 is 0 Å². The van der Waals surface area contributed by atoms with Crippen LogP contribution in [0.5, 0.6) is 46.0 Å². The molecule has 0 saturated carbocycles. The second-order valence-corrected chi connectivity index (χ2v) is 17.8. The highest BCUT2D eigenvalue weighted by Crippen LogP contribution is 2.43. The van der Waals surface area contributed by atoms with E-state index in [4.69, 9.17) is 37.3 Å². The number of ether oxygens (including phenoxy) is 5. The average Bonchev–Trinajstić information content (AvgIpc) is 4.52. The molecule has 9 rings (SSSR count). The van der Waals surface area contributed by atoms with Gasteiger partial charge in [-0.1, -0.05) is 15.5 Å². The monoisotopic (exact) mass is 1130 g/mol. The van der Waals surface area contributed by atoms with Crippen molar-refractivity contribution in [3.8, 4) is 114 Å². The van der Waals surface area contributed by atoms with E-state index in [1.165, 1.54) is 41.6 Å². The molecular weight excluding hydrogens is 1070 g/mol. The molecule has 0 amide bonds. The smallest absolute Gasteiger partial charge is 0.200 e. The lowest BCUT2D eigenvalue weighted by atomic mass is 9.97. The van der Waals surface area contributed by atoms with Gasteiger partial charge in [0.1, 0.15) is 17.1 Å². The number of aromatic nitrogens is 3. The lowest BCUT2D eigenvalue weighted by Gasteiger charge is -2.12. The van der Waals surface area contributed by atoms with Gasteiger partial charge in [-0.2, -0.15) is 0 Å². The molecule has 0 fully saturated rings. The predicted octanol–water partition coefficient (Wildman–Crippen LogP) is 6.62. The lowest BCUT2D eigenvalue weighted by molar-refractivity contribution is 0.247. The van der Waals surface area contributed by atoms with Crippen LogP contribution in [0.4, 0.5) is 0 Å². The van der Waals surface area contributed by atoms with Gasteiger partial charge in [-0.3, -0.25) is 0 Å². The van der Waals surface area contributed by atoms with Gasteiger partial charge in [0, 0.05) is 51.6 Å². The average molecular weight is 1130 g/mol. The van der Waals surface area contributed by atoms with Crippen molar-refractivity contribution in [3.63, 3.8) is 0 Å². The molecule has 0 spiro atoms. The molecule has 0 radical (unpaired) electrons. The molecule has 0 aliphatic heterocycles. The van der Waals surface area contributed by atoms with E-state index in [1.54, 1.807) is 91.0 Å². The second kappa shape index (κ2) is 27.9. The molecule has 12 N–H and O–H groups in total. The summed E-state index contributed by atoms with van der Waals surface area (Å²) in [6, 6.07) is 26.4. The van der Waals surface area contributed by atoms with E-state index in [1.807, 2.05) is 0 Å². The molecule has 9 aromatic rings. The van der Waals surface area contributed by atoms with Crippen LogP contribution in [0, 0.1) is 0 Å². The number of aromatic hydroxyl groups is 3. The Morgan fingerprint density at radius 1 is 0.305 bits per heavy atom. The molecule has 3 heterocycles. The highest BCUT2D eigenvalue weighted by molar-refractivity contribution is 5.74. The molecule has 3 aromatic heterocycles. The number of aliphatic hydroxyl groups excluding tert-OH is 9. The Morgan fingerprint density at radius 2 is 0.573 bits per heavy atom. The van der Waals surface area contributed by atoms with Gasteiger partial charge in [0.05, 0.1) is 95.0 Å². The molecule has 0 aliphatic carbocycles. The maximum atomic E-state index is 10.0. The molecule has 0 aliphatic rings. The minimum Gasteiger partial charge on any atom is -0.504 e. The summed E-state index contributed by atoms with van der Waals surface area (Å²) in [7, 11) is 7.19. The van der Waals surface area contributed by atoms with Gasteiger partial charge in [-0.15, -0.1) is 0 Å². The van der Waals surface area contributed by atoms with E-state index >= 15 is 0 Å². The van der Waals surface area contributed by atoms with Crippen molar-refractivity contribution in [1.29, 1.82) is 0 Å². The Hall–Kier alpha value is -9.01. The van der Waals surface area contributed by atoms with Crippen LogP contribution in [0.3, 0.4) is 0 Å². The first-order valence-corrected chi connectivity index (χ1v) is 24.8. The summed E-state index contributed by atoms with van der Waals surface area (Å²) in [5, 5.41) is 128. The molecule has 82 heavy (non-hydrogen) atoms. The van der Waals surface area contributed by atoms with E-state index in [0.717, 1.165) is 0 Å². The Kier molecular flexibility index (Phi) is 20.6. The van der Waals surface area contributed by atoms with E-state index in [2.05, 4.69) is 15.5 Å². The quantitative estimate of drug-likeness (QED) is 0.0381. The Morgan fingerprint density at radius 3 is 0.854 bits per heavy atom. The minimum absolute atomic E-state index is 0.0135. The summed E-state index contributed by atoms with van der Waals surface area (Å²) in [5.74, 6) is 2.30. The zero-order chi connectivity index (χ0) is 59.2. The largest absolute Gasteiger partial charge is 0.504 e. The van der Waals surface area contributed by atoms with E-state index in [0.29, 0.717) is 124 Å². The molecule has 23 nitrogen and oxygen atoms in total. The number of phenolic OH excluding ortho intramolecular Hbond substituents is 3. The lowest BCUT2D eigenvalue weighted by Crippen LogP contribution is -2.01. The molecule has 432 valence electrons. The topological polar surface area (TPSA) is 367 Å². The van der Waals surface area contributed by atoms with Crippen LogP contribution in [0.15, 0.2) is 111 Å². The number of aliphatic hydroxyl groups is 9. The fraction of sp³-hybridized carbons (Fsp3) is 0.237. The van der Waals surface area contributed by atoms with Crippen LogP contribution in [0.2, 0.25) is 0 Å². The zero-order valence-electron chi connectivity index (χ0n) is 45.1. The molecule has 0 bridgehead atoms. The van der Waals surface area contributed by atoms with Crippen LogP contribution in [-0.4, -0.2) is 112 Å². The standard InChI is InChI=1S/2C20H21NO7.C19H19NO6/c1-26-18-5-11(6-19(27-2)20(18)25)16-7-17(28-21-16)12-3-13(8-22)15(10-24)14(4-12)9-23;1-26-18-5-12(6-19(27-2)20(18)25)17-7-16(21-28-17)11-3-13(8-22)15(10-24)14(4-11)9-23;1-25-18-3-2-11(6-17(18)24)19-7-16(20-26-19)12-4-13(8-21)15(10-23)14(5-12)9-22/h2*3-7,22-25H,8-10H2,1-2H3;2-7,21-24H,8-10H2,1H3. The van der Waals surface area contributed by atoms with Gasteiger partial charge in [0.25, 0.3) is 0 Å². The van der Waals surface area contributed by atoms with Crippen LogP contribution in [0.25, 0.3) is 67.7 Å². The number of phenols is 3. The summed E-state index contributed by atoms with van der Waals surface area (Å²) in [6.07, 6.45) is 0. The summed E-state index contributed by atoms with van der Waals surface area (Å²) in [4.78, 5) is 0. The fourth-order valence-electron chi connectivity index (χ4n) is 8.85. The number of hydrogen-bond donors (Lipinski definition) is 12. The number of hydrogen-bond acceptors (Lipinski definition) is 23. The summed E-state index contributed by atoms with van der Waals surface area (Å²) in [6.45, 7) is -2.54. The van der Waals surface area contributed by atoms with Crippen LogP contribution < -0.4 is 23.7 Å². The molecule has 0 atom stereocenters. The van der Waals surface area contributed by atoms with E-state index in [9.17, 15) is 61.3 Å². The van der Waals surface area contributed by atoms with Gasteiger partial charge in [0.2, 0.25) is 11.5 Å². The van der Waals surface area contributed by atoms with Gasteiger partial charge in [0.15, 0.2) is 51.8 Å². The highest BCUT2D eigenvalue weighted by Gasteiger charge is 2.21. The maximum Gasteiger partial charge on any atom is 0.200 e. The van der Waals surface area contributed by atoms with Crippen LogP contribution in [0.1, 0.15) is 50.1 Å². The predicted molar refractivity (Wildman–Crippen MR) is 293 cm³/mol. The van der Waals surface area contributed by atoms with Crippen molar-refractivity contribution < 1.29 is 98.5 Å². The number of rotatable bonds is 20. The van der Waals surface area contributed by atoms with E-state index < -0.39 is 0 Å². The van der Waals surface area contributed by atoms with Crippen molar-refractivity contribution in [1.82, 2.24) is 15.5 Å². The SMILES string of the molecule is COc1cc(-c2cc(-c3cc(CO)c(CO)c(CO)c3)no2)cc(OC)c1O.COc1cc(-c2cc(-c3cc(CO)c(CO)c(CO)c3)on2)cc(OC)c1O.COc1ccc(-c2cc(-c3cc(CO)c(CO)c(CO)c3)no2)cc1O. The highest BCUT2D eigenvalue weighted by atomic mass is 16.5. The molecule has 23 heteroatoms. The normalized spacial score (nSPS) is 10.9. The summed E-state index contributed by atoms with van der Waals surface area (Å²) in [5.41, 5.74) is 9.65. The van der Waals surface area contributed by atoms with Crippen molar-refractivity contribution in [2.24, 2.45) is 0 Å². The van der Waals surface area contributed by atoms with Crippen LogP contribution >= 0.6 is 0 Å². The third-order valence-corrected chi connectivity index (χ3v) is 13.2. The first kappa shape index (κ1) is 60.6. The minimum atomic E-state index is -0.291. The third-order valence-electron chi connectivity index (χ3n) is 13.2. The number of methoxy groups -OCH3 is 5. The zero-order valence-corrected chi connectivity index (χ0v) is 45.1. The molecule has 0 saturated heterocycles. The second-order valence-electron chi connectivity index (χ2n) is 17.8. The van der Waals surface area contributed by atoms with Crippen LogP contribution in [-0.2, 0) is 59.5 Å². The molecule has 0 unspecified atom stereocenters. The Balaban J connectivity index is 0.000000177. The van der Waals surface area contributed by atoms with Gasteiger partial charge in [-0.25, -0.2) is 0 Å².